The molecular formula is C11H10F3N3O2. The highest BCUT2D eigenvalue weighted by atomic mass is 19.4. The second kappa shape index (κ2) is 6.07. The molecule has 0 aliphatic carbocycles. The molecule has 0 unspecified atom stereocenters. The normalized spacial score (nSPS) is 12.1. The number of nitrogens with zero attached hydrogens (tertiary/aromatic N) is 2. The fourth-order valence-corrected chi connectivity index (χ4v) is 1.13. The molecule has 1 N–H and O–H groups in total. The lowest BCUT2D eigenvalue weighted by atomic mass is 10.2. The Morgan fingerprint density at radius 2 is 1.89 bits per heavy atom. The molecule has 1 heterocycles. The van der Waals surface area contributed by atoms with Crippen LogP contribution in [-0.4, -0.2) is 28.6 Å². The number of nitrogens with one attached hydrogen (secondary N) is 1. The van der Waals surface area contributed by atoms with Crippen LogP contribution in [0.5, 0.6) is 0 Å². The van der Waals surface area contributed by atoms with Crippen molar-refractivity contribution in [2.45, 2.75) is 19.5 Å². The number of hydrogen-bond donors (Lipinski definition) is 1. The van der Waals surface area contributed by atoms with Crippen molar-refractivity contribution in [3.05, 3.63) is 30.1 Å². The van der Waals surface area contributed by atoms with Crippen LogP contribution in [0, 0.1) is 0 Å². The third-order valence-electron chi connectivity index (χ3n) is 1.98. The van der Waals surface area contributed by atoms with E-state index in [9.17, 15) is 22.8 Å². The Morgan fingerprint density at radius 1 is 1.32 bits per heavy atom. The summed E-state index contributed by atoms with van der Waals surface area (Å²) in [5.74, 6) is -1.51. The molecule has 1 aromatic rings. The number of carbonyl (C=O) groups excluding carboxylic acids is 2. The molecule has 19 heavy (non-hydrogen) atoms. The lowest BCUT2D eigenvalue weighted by Gasteiger charge is -2.09. The number of rotatable bonds is 4. The SMILES string of the molecule is CC(=O)CC(=NNC(=O)c1ccncc1)C(F)(F)F. The van der Waals surface area contributed by atoms with E-state index in [0.29, 0.717) is 0 Å². The molecule has 0 bridgehead atoms. The van der Waals surface area contributed by atoms with Crippen molar-refractivity contribution in [3.63, 3.8) is 0 Å². The number of aromatic nitrogens is 1. The van der Waals surface area contributed by atoms with Crippen molar-refractivity contribution < 1.29 is 22.8 Å². The Labute approximate surface area is 106 Å². The van der Waals surface area contributed by atoms with Crippen molar-refractivity contribution in [2.75, 3.05) is 0 Å². The van der Waals surface area contributed by atoms with Crippen molar-refractivity contribution in [1.82, 2.24) is 10.4 Å². The first-order chi connectivity index (χ1) is 8.80. The first-order valence-corrected chi connectivity index (χ1v) is 5.14. The molecule has 0 aliphatic rings. The minimum absolute atomic E-state index is 0.114. The molecule has 1 rings (SSSR count). The molecule has 0 saturated carbocycles. The fraction of sp³-hybridized carbons (Fsp3) is 0.273. The van der Waals surface area contributed by atoms with Crippen molar-refractivity contribution in [2.24, 2.45) is 5.10 Å². The van der Waals surface area contributed by atoms with E-state index in [1.54, 1.807) is 5.43 Å². The molecule has 0 atom stereocenters. The molecule has 8 heteroatoms. The molecule has 0 radical (unpaired) electrons. The maximum absolute atomic E-state index is 12.5. The third kappa shape index (κ3) is 4.86. The highest BCUT2D eigenvalue weighted by Crippen LogP contribution is 2.19. The van der Waals surface area contributed by atoms with E-state index in [1.807, 2.05) is 0 Å². The van der Waals surface area contributed by atoms with E-state index in [1.165, 1.54) is 24.5 Å². The zero-order chi connectivity index (χ0) is 14.5. The van der Waals surface area contributed by atoms with Crippen molar-refractivity contribution in [3.8, 4) is 0 Å². The number of pyridine rings is 1. The van der Waals surface area contributed by atoms with Gasteiger partial charge in [-0.1, -0.05) is 0 Å². The van der Waals surface area contributed by atoms with E-state index in [-0.39, 0.29) is 5.56 Å². The minimum Gasteiger partial charge on any atom is -0.300 e. The van der Waals surface area contributed by atoms with Gasteiger partial charge in [-0.25, -0.2) is 5.43 Å². The Balaban J connectivity index is 2.82. The second-order valence-corrected chi connectivity index (χ2v) is 3.61. The quantitative estimate of drug-likeness (QED) is 0.670. The van der Waals surface area contributed by atoms with Crippen LogP contribution >= 0.6 is 0 Å². The van der Waals surface area contributed by atoms with Crippen molar-refractivity contribution >= 4 is 17.4 Å². The molecule has 1 amide bonds. The van der Waals surface area contributed by atoms with Gasteiger partial charge in [-0.2, -0.15) is 18.3 Å². The fourth-order valence-electron chi connectivity index (χ4n) is 1.13. The lowest BCUT2D eigenvalue weighted by Crippen LogP contribution is -2.29. The van der Waals surface area contributed by atoms with Crippen LogP contribution in [0.3, 0.4) is 0 Å². The van der Waals surface area contributed by atoms with Gasteiger partial charge in [-0.05, 0) is 19.1 Å². The van der Waals surface area contributed by atoms with Gasteiger partial charge in [0.25, 0.3) is 5.91 Å². The van der Waals surface area contributed by atoms with E-state index in [4.69, 9.17) is 0 Å². The lowest BCUT2D eigenvalue weighted by molar-refractivity contribution is -0.117. The number of ketones is 1. The summed E-state index contributed by atoms with van der Waals surface area (Å²) < 4.78 is 37.5. The van der Waals surface area contributed by atoms with Crippen LogP contribution in [0.25, 0.3) is 0 Å². The smallest absolute Gasteiger partial charge is 0.300 e. The predicted octanol–water partition coefficient (Wildman–Crippen LogP) is 1.71. The maximum Gasteiger partial charge on any atom is 0.431 e. The van der Waals surface area contributed by atoms with Crippen LogP contribution in [0.15, 0.2) is 29.6 Å². The first kappa shape index (κ1) is 14.8. The summed E-state index contributed by atoms with van der Waals surface area (Å²) in [4.78, 5) is 25.8. The van der Waals surface area contributed by atoms with Gasteiger partial charge in [0.15, 0.2) is 0 Å². The molecule has 0 saturated heterocycles. The Hall–Kier alpha value is -2.25. The van der Waals surface area contributed by atoms with Crippen molar-refractivity contribution in [1.29, 1.82) is 0 Å². The number of Topliss-reactive ketones (excluding diaryl/α,β-unsaturated/α-hetero) is 1. The van der Waals surface area contributed by atoms with Gasteiger partial charge in [0, 0.05) is 18.0 Å². The number of alkyl halides is 3. The maximum atomic E-state index is 12.5. The first-order valence-electron chi connectivity index (χ1n) is 5.14. The number of amides is 1. The van der Waals surface area contributed by atoms with Crippen LogP contribution in [-0.2, 0) is 4.79 Å². The summed E-state index contributed by atoms with van der Waals surface area (Å²) in [6.07, 6.45) is -3.02. The number of carbonyl (C=O) groups is 2. The Bertz CT molecular complexity index is 498. The van der Waals surface area contributed by atoms with E-state index >= 15 is 0 Å². The van der Waals surface area contributed by atoms with E-state index < -0.39 is 30.0 Å². The zero-order valence-electron chi connectivity index (χ0n) is 9.86. The summed E-state index contributed by atoms with van der Waals surface area (Å²) in [6.45, 7) is 1.01. The van der Waals surface area contributed by atoms with Gasteiger partial charge >= 0.3 is 6.18 Å². The monoisotopic (exact) mass is 273 g/mol. The van der Waals surface area contributed by atoms with Gasteiger partial charge in [-0.3, -0.25) is 14.6 Å². The summed E-state index contributed by atoms with van der Waals surface area (Å²) in [7, 11) is 0. The average Bonchev–Trinajstić information content (AvgIpc) is 2.33. The molecule has 0 aromatic carbocycles. The molecule has 102 valence electrons. The minimum atomic E-state index is -4.77. The number of halogens is 3. The van der Waals surface area contributed by atoms with E-state index in [0.717, 1.165) is 6.92 Å². The van der Waals surface area contributed by atoms with E-state index in [2.05, 4.69) is 10.1 Å². The summed E-state index contributed by atoms with van der Waals surface area (Å²) in [6, 6.07) is 2.65. The zero-order valence-corrected chi connectivity index (χ0v) is 9.86. The van der Waals surface area contributed by atoms with Crippen LogP contribution in [0.4, 0.5) is 13.2 Å². The standard InChI is InChI=1S/C11H10F3N3O2/c1-7(18)6-9(11(12,13)14)16-17-10(19)8-2-4-15-5-3-8/h2-5H,6H2,1H3,(H,17,19). The topological polar surface area (TPSA) is 71.4 Å². The highest BCUT2D eigenvalue weighted by Gasteiger charge is 2.36. The number of hydrogen-bond acceptors (Lipinski definition) is 4. The van der Waals surface area contributed by atoms with Gasteiger partial charge < -0.3 is 0 Å². The highest BCUT2D eigenvalue weighted by molar-refractivity contribution is 6.04. The van der Waals surface area contributed by atoms with Crippen LogP contribution < -0.4 is 5.43 Å². The summed E-state index contributed by atoms with van der Waals surface area (Å²) >= 11 is 0. The Kier molecular flexibility index (Phi) is 4.74. The third-order valence-corrected chi connectivity index (χ3v) is 1.98. The molecule has 5 nitrogen and oxygen atoms in total. The molecule has 0 spiro atoms. The van der Waals surface area contributed by atoms with Crippen LogP contribution in [0.2, 0.25) is 0 Å². The number of hydrazone groups is 1. The summed E-state index contributed by atoms with van der Waals surface area (Å²) in [5, 5.41) is 2.96. The second-order valence-electron chi connectivity index (χ2n) is 3.61. The average molecular weight is 273 g/mol. The summed E-state index contributed by atoms with van der Waals surface area (Å²) in [5.41, 5.74) is 0.529. The largest absolute Gasteiger partial charge is 0.431 e. The molecule has 1 aromatic heterocycles. The molecular weight excluding hydrogens is 263 g/mol. The van der Waals surface area contributed by atoms with Gasteiger partial charge in [0.1, 0.15) is 11.5 Å². The van der Waals surface area contributed by atoms with Gasteiger partial charge in [0.2, 0.25) is 0 Å². The predicted molar refractivity (Wildman–Crippen MR) is 60.5 cm³/mol. The molecule has 0 fully saturated rings. The van der Waals surface area contributed by atoms with Gasteiger partial charge in [-0.15, -0.1) is 0 Å². The Morgan fingerprint density at radius 3 is 2.37 bits per heavy atom. The van der Waals surface area contributed by atoms with Gasteiger partial charge in [0.05, 0.1) is 6.42 Å². The van der Waals surface area contributed by atoms with Crippen LogP contribution in [0.1, 0.15) is 23.7 Å². The molecule has 0 aliphatic heterocycles.